The number of ether oxygens (including phenoxy) is 2. The predicted molar refractivity (Wildman–Crippen MR) is 152 cm³/mol. The van der Waals surface area contributed by atoms with Gasteiger partial charge in [0.05, 0.1) is 34.2 Å². The predicted octanol–water partition coefficient (Wildman–Crippen LogP) is 4.93. The molecular weight excluding hydrogens is 516 g/mol. The highest BCUT2D eigenvalue weighted by molar-refractivity contribution is 6.32. The van der Waals surface area contributed by atoms with Crippen LogP contribution in [0.3, 0.4) is 0 Å². The molecule has 1 aliphatic rings. The van der Waals surface area contributed by atoms with Crippen LogP contribution in [0.5, 0.6) is 11.5 Å². The van der Waals surface area contributed by atoms with Crippen molar-refractivity contribution in [3.63, 3.8) is 0 Å². The number of aromatic nitrogens is 3. The van der Waals surface area contributed by atoms with E-state index in [2.05, 4.69) is 25.2 Å². The van der Waals surface area contributed by atoms with Gasteiger partial charge in [0.25, 0.3) is 0 Å². The van der Waals surface area contributed by atoms with Gasteiger partial charge in [0.1, 0.15) is 36.9 Å². The Balaban J connectivity index is 1.26. The summed E-state index contributed by atoms with van der Waals surface area (Å²) in [4.78, 5) is 29.8. The maximum atomic E-state index is 12.8. The van der Waals surface area contributed by atoms with Crippen LogP contribution in [0.15, 0.2) is 67.1 Å². The van der Waals surface area contributed by atoms with Crippen molar-refractivity contribution in [3.8, 4) is 11.5 Å². The van der Waals surface area contributed by atoms with Gasteiger partial charge in [-0.1, -0.05) is 23.7 Å². The van der Waals surface area contributed by atoms with E-state index in [4.69, 9.17) is 21.1 Å². The number of nitrogens with one attached hydrogen (secondary N) is 1. The minimum absolute atomic E-state index is 0.0459. The topological polar surface area (TPSA) is 92.7 Å². The Morgan fingerprint density at radius 1 is 1.10 bits per heavy atom. The van der Waals surface area contributed by atoms with E-state index in [0.717, 1.165) is 41.7 Å². The lowest BCUT2D eigenvalue weighted by Crippen LogP contribution is -2.43. The monoisotopic (exact) mass is 546 g/mol. The van der Waals surface area contributed by atoms with Gasteiger partial charge in [-0.25, -0.2) is 9.97 Å². The maximum absolute atomic E-state index is 12.8. The van der Waals surface area contributed by atoms with Crippen LogP contribution in [0.1, 0.15) is 18.5 Å². The Hall–Kier alpha value is -3.95. The molecule has 1 N–H and O–H groups in total. The van der Waals surface area contributed by atoms with Crippen molar-refractivity contribution < 1.29 is 14.3 Å². The summed E-state index contributed by atoms with van der Waals surface area (Å²) in [6.45, 7) is 2.10. The molecule has 3 heterocycles. The van der Waals surface area contributed by atoms with Crippen molar-refractivity contribution in [2.24, 2.45) is 0 Å². The molecule has 1 fully saturated rings. The quantitative estimate of drug-likeness (QED) is 0.299. The SMILES string of the molecule is CN(CCOc1cccc2ncnc(Nc3ccc(OCc4ccccn4)c(Cl)c3)c12)C(=O)[C@@H]1CCCN1C. The zero-order valence-electron chi connectivity index (χ0n) is 22.0. The Morgan fingerprint density at radius 2 is 2.00 bits per heavy atom. The van der Waals surface area contributed by atoms with Crippen molar-refractivity contribution in [1.82, 2.24) is 24.8 Å². The van der Waals surface area contributed by atoms with Crippen molar-refractivity contribution >= 4 is 39.9 Å². The number of likely N-dealkylation sites (tertiary alicyclic amines) is 1. The van der Waals surface area contributed by atoms with Crippen LogP contribution in [0.25, 0.3) is 10.9 Å². The first kappa shape index (κ1) is 26.6. The van der Waals surface area contributed by atoms with Crippen LogP contribution in [-0.2, 0) is 11.4 Å². The van der Waals surface area contributed by atoms with Crippen LogP contribution >= 0.6 is 11.6 Å². The third kappa shape index (κ3) is 6.38. The Bertz CT molecular complexity index is 1430. The number of rotatable bonds is 10. The van der Waals surface area contributed by atoms with Gasteiger partial charge in [0.15, 0.2) is 0 Å². The summed E-state index contributed by atoms with van der Waals surface area (Å²) in [5.74, 6) is 1.92. The number of hydrogen-bond donors (Lipinski definition) is 1. The summed E-state index contributed by atoms with van der Waals surface area (Å²) in [5.41, 5.74) is 2.30. The highest BCUT2D eigenvalue weighted by Crippen LogP contribution is 2.34. The summed E-state index contributed by atoms with van der Waals surface area (Å²) < 4.78 is 12.0. The number of halogens is 1. The van der Waals surface area contributed by atoms with Gasteiger partial charge in [0.2, 0.25) is 5.91 Å². The Kier molecular flexibility index (Phi) is 8.39. The second-order valence-electron chi connectivity index (χ2n) is 9.50. The van der Waals surface area contributed by atoms with Crippen LogP contribution in [0, 0.1) is 0 Å². The average Bonchev–Trinajstić information content (AvgIpc) is 3.38. The lowest BCUT2D eigenvalue weighted by molar-refractivity contribution is -0.134. The Labute approximate surface area is 232 Å². The summed E-state index contributed by atoms with van der Waals surface area (Å²) in [6, 6.07) is 16.8. The van der Waals surface area contributed by atoms with E-state index >= 15 is 0 Å². The summed E-state index contributed by atoms with van der Waals surface area (Å²) >= 11 is 6.51. The van der Waals surface area contributed by atoms with Crippen molar-refractivity contribution in [2.45, 2.75) is 25.5 Å². The van der Waals surface area contributed by atoms with E-state index in [1.54, 1.807) is 17.2 Å². The van der Waals surface area contributed by atoms with Crippen LogP contribution in [0.4, 0.5) is 11.5 Å². The number of hydrogen-bond acceptors (Lipinski definition) is 8. The third-order valence-electron chi connectivity index (χ3n) is 6.79. The van der Waals surface area contributed by atoms with Gasteiger partial charge in [-0.05, 0) is 68.9 Å². The first-order valence-corrected chi connectivity index (χ1v) is 13.3. The van der Waals surface area contributed by atoms with Crippen LogP contribution in [0.2, 0.25) is 5.02 Å². The second kappa shape index (κ2) is 12.3. The lowest BCUT2D eigenvalue weighted by atomic mass is 10.2. The molecule has 0 saturated carbocycles. The van der Waals surface area contributed by atoms with Crippen molar-refractivity contribution in [1.29, 1.82) is 0 Å². The summed E-state index contributed by atoms with van der Waals surface area (Å²) in [5, 5.41) is 4.55. The fourth-order valence-corrected chi connectivity index (χ4v) is 4.88. The normalized spacial score (nSPS) is 15.3. The largest absolute Gasteiger partial charge is 0.491 e. The van der Waals surface area contributed by atoms with Crippen molar-refractivity contribution in [3.05, 3.63) is 77.8 Å². The standard InChI is InChI=1S/C29H31ClN6O3/c1-35-14-6-9-24(35)29(37)36(2)15-16-38-26-10-5-8-23-27(26)28(33-19-32-23)34-20-11-12-25(22(30)17-20)39-18-21-7-3-4-13-31-21/h3-5,7-8,10-13,17,19,24H,6,9,14-16,18H2,1-2H3,(H,32,33,34)/t24-/m0/s1. The Morgan fingerprint density at radius 3 is 2.77 bits per heavy atom. The first-order chi connectivity index (χ1) is 19.0. The molecule has 9 nitrogen and oxygen atoms in total. The van der Waals surface area contributed by atoms with E-state index in [1.165, 1.54) is 6.33 Å². The molecule has 0 aliphatic carbocycles. The number of nitrogens with zero attached hydrogens (tertiary/aromatic N) is 5. The van der Waals surface area contributed by atoms with Crippen molar-refractivity contribution in [2.75, 3.05) is 39.1 Å². The van der Waals surface area contributed by atoms with E-state index < -0.39 is 0 Å². The van der Waals surface area contributed by atoms with Gasteiger partial charge < -0.3 is 19.7 Å². The number of likely N-dealkylation sites (N-methyl/N-ethyl adjacent to an activating group) is 2. The lowest BCUT2D eigenvalue weighted by Gasteiger charge is -2.25. The molecule has 1 saturated heterocycles. The van der Waals surface area contributed by atoms with E-state index in [-0.39, 0.29) is 11.9 Å². The number of pyridine rings is 1. The molecule has 2 aromatic heterocycles. The zero-order chi connectivity index (χ0) is 27.2. The molecule has 0 unspecified atom stereocenters. The van der Waals surface area contributed by atoms with E-state index in [0.29, 0.717) is 42.1 Å². The van der Waals surface area contributed by atoms with Crippen LogP contribution < -0.4 is 14.8 Å². The van der Waals surface area contributed by atoms with Gasteiger partial charge in [-0.2, -0.15) is 0 Å². The molecule has 0 spiro atoms. The minimum Gasteiger partial charge on any atom is -0.491 e. The highest BCUT2D eigenvalue weighted by atomic mass is 35.5. The number of benzene rings is 2. The molecule has 5 rings (SSSR count). The minimum atomic E-state index is -0.0459. The second-order valence-corrected chi connectivity index (χ2v) is 9.91. The molecule has 4 aromatic rings. The van der Waals surface area contributed by atoms with Crippen LogP contribution in [-0.4, -0.2) is 70.5 Å². The van der Waals surface area contributed by atoms with Gasteiger partial charge in [-0.15, -0.1) is 0 Å². The fourth-order valence-electron chi connectivity index (χ4n) is 4.64. The molecule has 10 heteroatoms. The smallest absolute Gasteiger partial charge is 0.239 e. The molecule has 2 aromatic carbocycles. The van der Waals surface area contributed by atoms with Gasteiger partial charge >= 0.3 is 0 Å². The summed E-state index contributed by atoms with van der Waals surface area (Å²) in [7, 11) is 3.82. The number of anilines is 2. The first-order valence-electron chi connectivity index (χ1n) is 12.9. The fraction of sp³-hybridized carbons (Fsp3) is 0.310. The molecular formula is C29H31ClN6O3. The van der Waals surface area contributed by atoms with Gasteiger partial charge in [-0.3, -0.25) is 14.7 Å². The number of carbonyl (C=O) groups is 1. The molecule has 0 bridgehead atoms. The summed E-state index contributed by atoms with van der Waals surface area (Å²) in [6.07, 6.45) is 5.18. The number of carbonyl (C=O) groups excluding carboxylic acids is 1. The molecule has 1 atom stereocenters. The van der Waals surface area contributed by atoms with E-state index in [9.17, 15) is 4.79 Å². The number of amides is 1. The maximum Gasteiger partial charge on any atom is 0.239 e. The molecule has 0 radical (unpaired) electrons. The third-order valence-corrected chi connectivity index (χ3v) is 7.08. The molecule has 39 heavy (non-hydrogen) atoms. The zero-order valence-corrected chi connectivity index (χ0v) is 22.8. The van der Waals surface area contributed by atoms with Gasteiger partial charge in [0, 0.05) is 18.9 Å². The average molecular weight is 547 g/mol. The molecule has 1 aliphatic heterocycles. The number of fused-ring (bicyclic) bond motifs is 1. The highest BCUT2D eigenvalue weighted by Gasteiger charge is 2.29. The molecule has 202 valence electrons. The van der Waals surface area contributed by atoms with E-state index in [1.807, 2.05) is 62.6 Å². The molecule has 1 amide bonds.